The van der Waals surface area contributed by atoms with Crippen molar-refractivity contribution in [1.82, 2.24) is 9.88 Å². The molecular weight excluding hydrogens is 401 g/mol. The predicted molar refractivity (Wildman–Crippen MR) is 107 cm³/mol. The molecule has 1 aliphatic rings. The monoisotopic (exact) mass is 420 g/mol. The molecular formula is C22H20ClF3N2O. The van der Waals surface area contributed by atoms with Crippen LogP contribution in [-0.2, 0) is 11.0 Å². The van der Waals surface area contributed by atoms with Crippen molar-refractivity contribution in [3.05, 3.63) is 70.4 Å². The number of hydrogen-bond donors (Lipinski definition) is 1. The molecule has 0 saturated carbocycles. The largest absolute Gasteiger partial charge is 0.417 e. The molecule has 3 nitrogen and oxygen atoms in total. The molecule has 1 aliphatic heterocycles. The number of H-pyrrole nitrogens is 1. The van der Waals surface area contributed by atoms with E-state index >= 15 is 0 Å². The Morgan fingerprint density at radius 2 is 1.86 bits per heavy atom. The molecule has 4 rings (SSSR count). The predicted octanol–water partition coefficient (Wildman–Crippen LogP) is 5.98. The molecule has 1 unspecified atom stereocenters. The minimum Gasteiger partial charge on any atom is -0.361 e. The van der Waals surface area contributed by atoms with Gasteiger partial charge < -0.3 is 9.88 Å². The Kier molecular flexibility index (Phi) is 5.30. The van der Waals surface area contributed by atoms with Gasteiger partial charge in [0.15, 0.2) is 0 Å². The second-order valence-electron chi connectivity index (χ2n) is 7.37. The second-order valence-corrected chi connectivity index (χ2v) is 7.78. The maximum absolute atomic E-state index is 13.4. The van der Waals surface area contributed by atoms with Crippen molar-refractivity contribution < 1.29 is 18.0 Å². The highest BCUT2D eigenvalue weighted by Crippen LogP contribution is 2.40. The standard InChI is InChI=1S/C22H20ClF3N2O/c23-19-8-7-14(11-18(19)22(24,25)26)16(12-21(29)28-9-3-4-10-28)17-13-27-20-6-2-1-5-15(17)20/h1-2,5-8,11,13,16,27H,3-4,9-10,12H2. The van der Waals surface area contributed by atoms with Crippen LogP contribution >= 0.6 is 11.6 Å². The summed E-state index contributed by atoms with van der Waals surface area (Å²) in [5.74, 6) is -0.543. The first-order chi connectivity index (χ1) is 13.8. The highest BCUT2D eigenvalue weighted by molar-refractivity contribution is 6.31. The fourth-order valence-corrected chi connectivity index (χ4v) is 4.26. The van der Waals surface area contributed by atoms with E-state index in [-0.39, 0.29) is 17.4 Å². The van der Waals surface area contributed by atoms with Crippen molar-refractivity contribution in [3.63, 3.8) is 0 Å². The van der Waals surface area contributed by atoms with E-state index in [4.69, 9.17) is 11.6 Å². The van der Waals surface area contributed by atoms with Gasteiger partial charge in [0.2, 0.25) is 5.91 Å². The van der Waals surface area contributed by atoms with Crippen molar-refractivity contribution in [2.24, 2.45) is 0 Å². The third-order valence-corrected chi connectivity index (χ3v) is 5.86. The number of carbonyl (C=O) groups excluding carboxylic acids is 1. The van der Waals surface area contributed by atoms with Crippen molar-refractivity contribution >= 4 is 28.4 Å². The minimum atomic E-state index is -4.56. The third kappa shape index (κ3) is 3.99. The number of nitrogens with one attached hydrogen (secondary N) is 1. The highest BCUT2D eigenvalue weighted by Gasteiger charge is 2.35. The van der Waals surface area contributed by atoms with Crippen molar-refractivity contribution in [1.29, 1.82) is 0 Å². The first kappa shape index (κ1) is 19.8. The van der Waals surface area contributed by atoms with Crippen LogP contribution in [0.4, 0.5) is 13.2 Å². The van der Waals surface area contributed by atoms with E-state index in [0.29, 0.717) is 18.7 Å². The molecule has 1 saturated heterocycles. The maximum atomic E-state index is 13.4. The van der Waals surface area contributed by atoms with E-state index in [9.17, 15) is 18.0 Å². The summed E-state index contributed by atoms with van der Waals surface area (Å²) in [5, 5.41) is 0.556. The quantitative estimate of drug-likeness (QED) is 0.553. The van der Waals surface area contributed by atoms with Crippen LogP contribution in [0.3, 0.4) is 0 Å². The Bertz CT molecular complexity index is 1040. The highest BCUT2D eigenvalue weighted by atomic mass is 35.5. The lowest BCUT2D eigenvalue weighted by atomic mass is 9.87. The van der Waals surface area contributed by atoms with Crippen LogP contribution in [0.25, 0.3) is 10.9 Å². The van der Waals surface area contributed by atoms with E-state index < -0.39 is 17.7 Å². The first-order valence-corrected chi connectivity index (χ1v) is 9.93. The lowest BCUT2D eigenvalue weighted by Gasteiger charge is -2.22. The summed E-state index contributed by atoms with van der Waals surface area (Å²) in [4.78, 5) is 17.8. The number of alkyl halides is 3. The normalized spacial score (nSPS) is 15.8. The summed E-state index contributed by atoms with van der Waals surface area (Å²) in [5.41, 5.74) is 1.24. The van der Waals surface area contributed by atoms with Gasteiger partial charge in [-0.15, -0.1) is 0 Å². The maximum Gasteiger partial charge on any atom is 0.417 e. The summed E-state index contributed by atoms with van der Waals surface area (Å²) >= 11 is 5.81. The molecule has 1 amide bonds. The fourth-order valence-electron chi connectivity index (χ4n) is 4.04. The number of likely N-dealkylation sites (tertiary alicyclic amines) is 1. The summed E-state index contributed by atoms with van der Waals surface area (Å²) in [6, 6.07) is 11.5. The van der Waals surface area contributed by atoms with Gasteiger partial charge in [-0.1, -0.05) is 35.9 Å². The van der Waals surface area contributed by atoms with Crippen LogP contribution in [0.1, 0.15) is 41.9 Å². The fraction of sp³-hybridized carbons (Fsp3) is 0.318. The number of aromatic amines is 1. The molecule has 1 fully saturated rings. The molecule has 0 spiro atoms. The lowest BCUT2D eigenvalue weighted by molar-refractivity contribution is -0.137. The lowest BCUT2D eigenvalue weighted by Crippen LogP contribution is -2.29. The molecule has 2 heterocycles. The number of halogens is 4. The number of carbonyl (C=O) groups is 1. The number of fused-ring (bicyclic) bond motifs is 1. The second kappa shape index (κ2) is 7.75. The Morgan fingerprint density at radius 1 is 1.14 bits per heavy atom. The van der Waals surface area contributed by atoms with Crippen LogP contribution in [0, 0.1) is 0 Å². The molecule has 0 bridgehead atoms. The van der Waals surface area contributed by atoms with Gasteiger partial charge in [-0.2, -0.15) is 13.2 Å². The molecule has 7 heteroatoms. The van der Waals surface area contributed by atoms with Gasteiger partial charge in [-0.05, 0) is 42.2 Å². The topological polar surface area (TPSA) is 36.1 Å². The van der Waals surface area contributed by atoms with Crippen LogP contribution in [-0.4, -0.2) is 28.9 Å². The SMILES string of the molecule is O=C(CC(c1ccc(Cl)c(C(F)(F)F)c1)c1c[nH]c2ccccc12)N1CCCC1. The number of aromatic nitrogens is 1. The number of amides is 1. The van der Waals surface area contributed by atoms with E-state index in [2.05, 4.69) is 4.98 Å². The number of para-hydroxylation sites is 1. The van der Waals surface area contributed by atoms with Gasteiger partial charge in [0.25, 0.3) is 0 Å². The van der Waals surface area contributed by atoms with Gasteiger partial charge in [0.1, 0.15) is 0 Å². The van der Waals surface area contributed by atoms with E-state index in [1.165, 1.54) is 6.07 Å². The van der Waals surface area contributed by atoms with Gasteiger partial charge in [-0.25, -0.2) is 0 Å². The number of benzene rings is 2. The zero-order valence-electron chi connectivity index (χ0n) is 15.6. The Labute approximate surface area is 171 Å². The zero-order valence-corrected chi connectivity index (χ0v) is 16.4. The van der Waals surface area contributed by atoms with Crippen LogP contribution < -0.4 is 0 Å². The van der Waals surface area contributed by atoms with E-state index in [1.807, 2.05) is 24.3 Å². The van der Waals surface area contributed by atoms with Crippen LogP contribution in [0.2, 0.25) is 5.02 Å². The number of hydrogen-bond acceptors (Lipinski definition) is 1. The van der Waals surface area contributed by atoms with Crippen molar-refractivity contribution in [3.8, 4) is 0 Å². The molecule has 2 aromatic carbocycles. The Hall–Kier alpha value is -2.47. The van der Waals surface area contributed by atoms with Gasteiger partial charge in [0, 0.05) is 42.5 Å². The first-order valence-electron chi connectivity index (χ1n) is 9.55. The molecule has 1 aromatic heterocycles. The molecule has 152 valence electrons. The molecule has 0 aliphatic carbocycles. The van der Waals surface area contributed by atoms with E-state index in [1.54, 1.807) is 17.2 Å². The third-order valence-electron chi connectivity index (χ3n) is 5.53. The molecule has 29 heavy (non-hydrogen) atoms. The van der Waals surface area contributed by atoms with Crippen LogP contribution in [0.15, 0.2) is 48.7 Å². The minimum absolute atomic E-state index is 0.0405. The molecule has 1 N–H and O–H groups in total. The zero-order chi connectivity index (χ0) is 20.6. The average molecular weight is 421 g/mol. The van der Waals surface area contributed by atoms with Gasteiger partial charge in [0.05, 0.1) is 10.6 Å². The molecule has 0 radical (unpaired) electrons. The van der Waals surface area contributed by atoms with E-state index in [0.717, 1.165) is 35.4 Å². The summed E-state index contributed by atoms with van der Waals surface area (Å²) < 4.78 is 40.3. The Morgan fingerprint density at radius 3 is 2.59 bits per heavy atom. The van der Waals surface area contributed by atoms with Crippen molar-refractivity contribution in [2.75, 3.05) is 13.1 Å². The summed E-state index contributed by atoms with van der Waals surface area (Å²) in [6.07, 6.45) is -0.739. The van der Waals surface area contributed by atoms with Crippen LogP contribution in [0.5, 0.6) is 0 Å². The van der Waals surface area contributed by atoms with Gasteiger partial charge >= 0.3 is 6.18 Å². The smallest absolute Gasteiger partial charge is 0.361 e. The van der Waals surface area contributed by atoms with Crippen molar-refractivity contribution in [2.45, 2.75) is 31.4 Å². The Balaban J connectivity index is 1.79. The number of rotatable bonds is 4. The average Bonchev–Trinajstić information content (AvgIpc) is 3.36. The summed E-state index contributed by atoms with van der Waals surface area (Å²) in [6.45, 7) is 1.40. The van der Waals surface area contributed by atoms with Gasteiger partial charge in [-0.3, -0.25) is 4.79 Å². The molecule has 1 atom stereocenters. The molecule has 3 aromatic rings. The number of nitrogens with zero attached hydrogens (tertiary/aromatic N) is 1. The summed E-state index contributed by atoms with van der Waals surface area (Å²) in [7, 11) is 0.